The molecule has 2 heterocycles. The molecule has 1 saturated heterocycles. The van der Waals surface area contributed by atoms with Crippen LogP contribution in [0.15, 0.2) is 60.7 Å². The second-order valence-corrected chi connectivity index (χ2v) is 9.41. The Morgan fingerprint density at radius 2 is 1.80 bits per heavy atom. The number of hydrogen-bond acceptors (Lipinski definition) is 5. The largest absolute Gasteiger partial charge is 0.508 e. The SMILES string of the molecule is COc1ccc(NC(=O)[C@H]2C[C@H](Cc3ccc(O)cc3)N[C@@]23C(=O)Nc2c3ccc(C)c2C)cc1. The fourth-order valence-corrected chi connectivity index (χ4v) is 5.33. The molecule has 7 nitrogen and oxygen atoms in total. The first-order valence-corrected chi connectivity index (χ1v) is 11.7. The number of aryl methyl sites for hydroxylation is 1. The number of nitrogens with one attached hydrogen (secondary N) is 3. The number of anilines is 2. The number of rotatable bonds is 5. The highest BCUT2D eigenvalue weighted by Crippen LogP contribution is 2.49. The Morgan fingerprint density at radius 1 is 1.09 bits per heavy atom. The number of methoxy groups -OCH3 is 1. The molecule has 1 spiro atoms. The number of benzene rings is 3. The second-order valence-electron chi connectivity index (χ2n) is 9.41. The second kappa shape index (κ2) is 8.74. The van der Waals surface area contributed by atoms with Crippen molar-refractivity contribution in [1.82, 2.24) is 5.32 Å². The van der Waals surface area contributed by atoms with Crippen LogP contribution in [0.25, 0.3) is 0 Å². The van der Waals surface area contributed by atoms with Crippen molar-refractivity contribution in [3.63, 3.8) is 0 Å². The molecule has 0 saturated carbocycles. The van der Waals surface area contributed by atoms with E-state index in [-0.39, 0.29) is 23.6 Å². The van der Waals surface area contributed by atoms with Crippen LogP contribution in [0, 0.1) is 19.8 Å². The van der Waals surface area contributed by atoms with Crippen LogP contribution in [0.3, 0.4) is 0 Å². The molecule has 0 aromatic heterocycles. The van der Waals surface area contributed by atoms with Gasteiger partial charge in [-0.2, -0.15) is 0 Å². The van der Waals surface area contributed by atoms with E-state index in [1.54, 1.807) is 43.5 Å². The molecular formula is C28H29N3O4. The van der Waals surface area contributed by atoms with E-state index in [1.165, 1.54) is 0 Å². The van der Waals surface area contributed by atoms with E-state index in [0.29, 0.717) is 24.3 Å². The molecule has 2 aliphatic rings. The molecule has 0 unspecified atom stereocenters. The number of hydrogen-bond donors (Lipinski definition) is 4. The van der Waals surface area contributed by atoms with Crippen molar-refractivity contribution >= 4 is 23.2 Å². The van der Waals surface area contributed by atoms with Crippen LogP contribution >= 0.6 is 0 Å². The van der Waals surface area contributed by atoms with Crippen LogP contribution in [0.2, 0.25) is 0 Å². The molecule has 35 heavy (non-hydrogen) atoms. The Balaban J connectivity index is 1.51. The molecule has 2 aliphatic heterocycles. The maximum Gasteiger partial charge on any atom is 0.250 e. The third-order valence-electron chi connectivity index (χ3n) is 7.32. The van der Waals surface area contributed by atoms with Gasteiger partial charge in [0.15, 0.2) is 0 Å². The fraction of sp³-hybridized carbons (Fsp3) is 0.286. The Bertz CT molecular complexity index is 1290. The molecule has 3 atom stereocenters. The van der Waals surface area contributed by atoms with Crippen molar-refractivity contribution in [1.29, 1.82) is 0 Å². The molecule has 7 heteroatoms. The Morgan fingerprint density at radius 3 is 2.49 bits per heavy atom. The number of carbonyl (C=O) groups is 2. The standard InChI is InChI=1S/C28H29N3O4/c1-16-4-13-23-25(17(16)2)30-27(34)28(23)24(26(33)29-19-7-11-22(35-3)12-8-19)15-20(31-28)14-18-5-9-21(32)10-6-18/h4-13,20,24,31-32H,14-15H2,1-3H3,(H,29,33)(H,30,34)/t20-,24+,28+/m0/s1. The van der Waals surface area contributed by atoms with Crippen LogP contribution in [-0.4, -0.2) is 30.1 Å². The molecule has 5 rings (SSSR count). The summed E-state index contributed by atoms with van der Waals surface area (Å²) >= 11 is 0. The smallest absolute Gasteiger partial charge is 0.250 e. The first kappa shape index (κ1) is 22.9. The van der Waals surface area contributed by atoms with E-state index < -0.39 is 11.5 Å². The summed E-state index contributed by atoms with van der Waals surface area (Å²) < 4.78 is 5.21. The number of phenolic OH excluding ortho intramolecular Hbond substituents is 1. The summed E-state index contributed by atoms with van der Waals surface area (Å²) in [5.74, 6) is -0.126. The first-order valence-electron chi connectivity index (χ1n) is 11.7. The van der Waals surface area contributed by atoms with Crippen LogP contribution in [0.1, 0.15) is 28.7 Å². The van der Waals surface area contributed by atoms with Gasteiger partial charge in [0.25, 0.3) is 0 Å². The van der Waals surface area contributed by atoms with Crippen LogP contribution in [-0.2, 0) is 21.5 Å². The van der Waals surface area contributed by atoms with E-state index in [1.807, 2.05) is 38.1 Å². The van der Waals surface area contributed by atoms with Gasteiger partial charge in [-0.1, -0.05) is 24.3 Å². The lowest BCUT2D eigenvalue weighted by molar-refractivity contribution is -0.130. The predicted octanol–water partition coefficient (Wildman–Crippen LogP) is 4.02. The molecule has 2 amide bonds. The summed E-state index contributed by atoms with van der Waals surface area (Å²) in [6.45, 7) is 4.00. The van der Waals surface area contributed by atoms with Crippen molar-refractivity contribution < 1.29 is 19.4 Å². The van der Waals surface area contributed by atoms with Crippen LogP contribution in [0.4, 0.5) is 11.4 Å². The lowest BCUT2D eigenvalue weighted by Gasteiger charge is -2.29. The minimum Gasteiger partial charge on any atom is -0.508 e. The van der Waals surface area contributed by atoms with E-state index in [0.717, 1.165) is 27.9 Å². The summed E-state index contributed by atoms with van der Waals surface area (Å²) in [7, 11) is 1.59. The lowest BCUT2D eigenvalue weighted by atomic mass is 9.78. The van der Waals surface area contributed by atoms with E-state index in [4.69, 9.17) is 4.74 Å². The maximum absolute atomic E-state index is 13.7. The van der Waals surface area contributed by atoms with Crippen molar-refractivity contribution in [3.05, 3.63) is 82.9 Å². The zero-order valence-corrected chi connectivity index (χ0v) is 20.0. The summed E-state index contributed by atoms with van der Waals surface area (Å²) in [4.78, 5) is 27.3. The van der Waals surface area contributed by atoms with Gasteiger partial charge in [0.1, 0.15) is 17.0 Å². The molecule has 3 aromatic rings. The minimum absolute atomic E-state index is 0.107. The average molecular weight is 472 g/mol. The molecule has 0 aliphatic carbocycles. The fourth-order valence-electron chi connectivity index (χ4n) is 5.33. The van der Waals surface area contributed by atoms with Gasteiger partial charge < -0.3 is 20.5 Å². The number of carbonyl (C=O) groups excluding carboxylic acids is 2. The molecular weight excluding hydrogens is 442 g/mol. The Labute approximate surface area is 204 Å². The third kappa shape index (κ3) is 3.91. The van der Waals surface area contributed by atoms with Crippen molar-refractivity contribution in [3.8, 4) is 11.5 Å². The minimum atomic E-state index is -1.16. The van der Waals surface area contributed by atoms with E-state index >= 15 is 0 Å². The number of ether oxygens (including phenoxy) is 1. The van der Waals surface area contributed by atoms with E-state index in [9.17, 15) is 14.7 Å². The first-order chi connectivity index (χ1) is 16.8. The molecule has 3 aromatic carbocycles. The highest BCUT2D eigenvalue weighted by molar-refractivity contribution is 6.11. The summed E-state index contributed by atoms with van der Waals surface area (Å²) in [5, 5.41) is 19.3. The molecule has 4 N–H and O–H groups in total. The Kier molecular flexibility index (Phi) is 5.73. The van der Waals surface area contributed by atoms with Gasteiger partial charge in [-0.15, -0.1) is 0 Å². The van der Waals surface area contributed by atoms with Gasteiger partial charge in [0.2, 0.25) is 11.8 Å². The zero-order chi connectivity index (χ0) is 24.7. The topological polar surface area (TPSA) is 99.7 Å². The van der Waals surface area contributed by atoms with Gasteiger partial charge in [-0.25, -0.2) is 0 Å². The highest BCUT2D eigenvalue weighted by atomic mass is 16.5. The molecule has 0 radical (unpaired) electrons. The summed E-state index contributed by atoms with van der Waals surface area (Å²) in [5.41, 5.74) is 4.19. The van der Waals surface area contributed by atoms with Gasteiger partial charge in [0, 0.05) is 23.0 Å². The number of fused-ring (bicyclic) bond motifs is 2. The van der Waals surface area contributed by atoms with E-state index in [2.05, 4.69) is 16.0 Å². The predicted molar refractivity (Wildman–Crippen MR) is 135 cm³/mol. The van der Waals surface area contributed by atoms with Gasteiger partial charge in [0.05, 0.1) is 13.0 Å². The van der Waals surface area contributed by atoms with Gasteiger partial charge in [-0.3, -0.25) is 14.9 Å². The van der Waals surface area contributed by atoms with Gasteiger partial charge in [-0.05, 0) is 79.8 Å². The van der Waals surface area contributed by atoms with Crippen LogP contribution < -0.4 is 20.7 Å². The lowest BCUT2D eigenvalue weighted by Crippen LogP contribution is -2.52. The quantitative estimate of drug-likeness (QED) is 0.450. The molecule has 0 bridgehead atoms. The highest BCUT2D eigenvalue weighted by Gasteiger charge is 2.60. The maximum atomic E-state index is 13.7. The van der Waals surface area contributed by atoms with Gasteiger partial charge >= 0.3 is 0 Å². The zero-order valence-electron chi connectivity index (χ0n) is 20.0. The summed E-state index contributed by atoms with van der Waals surface area (Å²) in [6, 6.07) is 18.0. The van der Waals surface area contributed by atoms with Crippen molar-refractivity contribution in [2.75, 3.05) is 17.7 Å². The number of aromatic hydroxyl groups is 1. The normalized spacial score (nSPS) is 22.7. The number of amides is 2. The third-order valence-corrected chi connectivity index (χ3v) is 7.32. The molecule has 1 fully saturated rings. The summed E-state index contributed by atoms with van der Waals surface area (Å²) in [6.07, 6.45) is 1.12. The number of phenols is 1. The molecule has 180 valence electrons. The van der Waals surface area contributed by atoms with Crippen LogP contribution in [0.5, 0.6) is 11.5 Å². The monoisotopic (exact) mass is 471 g/mol. The van der Waals surface area contributed by atoms with Crippen molar-refractivity contribution in [2.24, 2.45) is 5.92 Å². The Hall–Kier alpha value is -3.84. The average Bonchev–Trinajstić information content (AvgIpc) is 3.37. The van der Waals surface area contributed by atoms with Crippen molar-refractivity contribution in [2.45, 2.75) is 38.3 Å².